The van der Waals surface area contributed by atoms with Crippen molar-refractivity contribution in [3.63, 3.8) is 0 Å². The van der Waals surface area contributed by atoms with Crippen molar-refractivity contribution in [2.45, 2.75) is 154 Å². The van der Waals surface area contributed by atoms with Crippen molar-refractivity contribution in [2.24, 2.45) is 0 Å². The van der Waals surface area contributed by atoms with Gasteiger partial charge in [-0.3, -0.25) is 23.2 Å². The molecule has 0 aliphatic carbocycles. The molecule has 2 unspecified atom stereocenters. The highest BCUT2D eigenvalue weighted by atomic mass is 31.2. The second-order valence-electron chi connectivity index (χ2n) is 14.1. The molecule has 0 rings (SSSR count). The van der Waals surface area contributed by atoms with Gasteiger partial charge in [0.25, 0.3) is 0 Å². The lowest BCUT2D eigenvalue weighted by molar-refractivity contribution is -0.161. The van der Waals surface area contributed by atoms with Crippen LogP contribution in [0, 0.1) is 0 Å². The molecule has 0 bridgehead atoms. The largest absolute Gasteiger partial charge is 0.472 e. The van der Waals surface area contributed by atoms with E-state index in [0.29, 0.717) is 12.8 Å². The SMILES string of the molecule is CC/C=C\C/C=C\C/C=C\C/C=C\C=C/C(O)C/C=C\CCC(=O)O[C@H](COC(=O)CCCCCCC/C=C\CCCCCC)COP(=O)(O)OC[C@@H](O)COP(=O)(O)O. The second-order valence-corrected chi connectivity index (χ2v) is 16.8. The molecular weight excluding hydrogens is 814 g/mol. The average molecular weight is 889 g/mol. The monoisotopic (exact) mass is 888 g/mol. The van der Waals surface area contributed by atoms with E-state index in [1.807, 2.05) is 12.2 Å². The molecule has 0 heterocycles. The van der Waals surface area contributed by atoms with Crippen LogP contribution in [0.15, 0.2) is 85.1 Å². The zero-order valence-corrected chi connectivity index (χ0v) is 37.7. The number of phosphoric ester groups is 2. The van der Waals surface area contributed by atoms with Crippen LogP contribution < -0.4 is 0 Å². The maximum atomic E-state index is 12.6. The molecule has 0 aromatic rings. The molecule has 0 fully saturated rings. The van der Waals surface area contributed by atoms with Gasteiger partial charge in [0.1, 0.15) is 12.7 Å². The van der Waals surface area contributed by atoms with Gasteiger partial charge in [0.05, 0.1) is 25.9 Å². The van der Waals surface area contributed by atoms with Gasteiger partial charge in [-0.15, -0.1) is 0 Å². The molecule has 14 nitrogen and oxygen atoms in total. The Labute approximate surface area is 359 Å². The standard InChI is InChI=1S/C44H74O14P2/c1-3-5-7-9-11-13-15-17-19-21-23-25-28-32-40(45)33-29-27-31-35-44(48)58-42(39-57-60(52,53)56-37-41(46)36-55-59(49,50)51)38-54-43(47)34-30-26-24-22-20-18-16-14-12-10-8-6-4-2/h5,7,11,13-14,16-17,19,23,25,27-29,32,40-42,45-46H,3-4,6,8-10,12,15,18,20-22,24,26,30-31,33-39H2,1-2H3,(H,52,53)(H2,49,50,51)/b7-5-,13-11-,16-14-,19-17-,25-23-,29-27-,32-28-/t40?,41-,42+/m0/s1. The number of hydrogen-bond acceptors (Lipinski definition) is 11. The van der Waals surface area contributed by atoms with Gasteiger partial charge < -0.3 is 34.4 Å². The number of hydrogen-bond donors (Lipinski definition) is 5. The van der Waals surface area contributed by atoms with Crippen LogP contribution in [0.5, 0.6) is 0 Å². The Morgan fingerprint density at radius 2 is 1.13 bits per heavy atom. The summed E-state index contributed by atoms with van der Waals surface area (Å²) in [5.41, 5.74) is 0. The summed E-state index contributed by atoms with van der Waals surface area (Å²) in [6.45, 7) is 1.40. The highest BCUT2D eigenvalue weighted by Gasteiger charge is 2.28. The third-order valence-corrected chi connectivity index (χ3v) is 9.79. The lowest BCUT2D eigenvalue weighted by atomic mass is 10.1. The average Bonchev–Trinajstić information content (AvgIpc) is 3.20. The summed E-state index contributed by atoms with van der Waals surface area (Å²) < 4.78 is 47.6. The Balaban J connectivity index is 4.78. The summed E-state index contributed by atoms with van der Waals surface area (Å²) >= 11 is 0. The van der Waals surface area contributed by atoms with E-state index in [2.05, 4.69) is 71.5 Å². The first-order valence-corrected chi connectivity index (χ1v) is 24.4. The Morgan fingerprint density at radius 3 is 1.78 bits per heavy atom. The molecule has 0 aliphatic heterocycles. The molecule has 0 aliphatic rings. The Bertz CT molecular complexity index is 1400. The van der Waals surface area contributed by atoms with Gasteiger partial charge in [0, 0.05) is 12.8 Å². The van der Waals surface area contributed by atoms with E-state index in [0.717, 1.165) is 64.2 Å². The molecule has 60 heavy (non-hydrogen) atoms. The van der Waals surface area contributed by atoms with E-state index in [1.54, 1.807) is 24.3 Å². The molecule has 344 valence electrons. The van der Waals surface area contributed by atoms with E-state index in [1.165, 1.54) is 25.7 Å². The van der Waals surface area contributed by atoms with Gasteiger partial charge in [-0.2, -0.15) is 0 Å². The molecule has 0 aromatic carbocycles. The van der Waals surface area contributed by atoms with Crippen molar-refractivity contribution in [3.05, 3.63) is 85.1 Å². The van der Waals surface area contributed by atoms with E-state index < -0.39 is 72.3 Å². The van der Waals surface area contributed by atoms with E-state index in [-0.39, 0.29) is 19.3 Å². The number of allylic oxidation sites excluding steroid dienone is 12. The fraction of sp³-hybridized carbons (Fsp3) is 0.636. The summed E-state index contributed by atoms with van der Waals surface area (Å²) in [6.07, 6.45) is 40.4. The summed E-state index contributed by atoms with van der Waals surface area (Å²) in [5, 5.41) is 19.9. The summed E-state index contributed by atoms with van der Waals surface area (Å²) in [7, 11) is -9.75. The maximum absolute atomic E-state index is 12.6. The fourth-order valence-electron chi connectivity index (χ4n) is 5.10. The molecule has 0 saturated carbocycles. The fourth-order valence-corrected chi connectivity index (χ4v) is 6.25. The minimum absolute atomic E-state index is 0.0807. The van der Waals surface area contributed by atoms with Gasteiger partial charge >= 0.3 is 27.6 Å². The summed E-state index contributed by atoms with van der Waals surface area (Å²) in [5.74, 6) is -1.23. The van der Waals surface area contributed by atoms with Gasteiger partial charge in [-0.05, 0) is 70.6 Å². The second kappa shape index (κ2) is 39.1. The Hall–Kier alpha value is -2.74. The number of rotatable bonds is 39. The van der Waals surface area contributed by atoms with Crippen molar-refractivity contribution < 1.29 is 66.7 Å². The van der Waals surface area contributed by atoms with Gasteiger partial charge in [0.15, 0.2) is 6.10 Å². The van der Waals surface area contributed by atoms with Crippen molar-refractivity contribution >= 4 is 27.6 Å². The summed E-state index contributed by atoms with van der Waals surface area (Å²) in [6, 6.07) is 0. The molecule has 5 N–H and O–H groups in total. The molecule has 4 atom stereocenters. The maximum Gasteiger partial charge on any atom is 0.472 e. The smallest absolute Gasteiger partial charge is 0.462 e. The number of aliphatic hydroxyl groups excluding tert-OH is 2. The minimum Gasteiger partial charge on any atom is -0.462 e. The number of esters is 2. The normalized spacial score (nSPS) is 15.4. The quantitative estimate of drug-likeness (QED) is 0.0128. The topological polar surface area (TPSA) is 216 Å². The van der Waals surface area contributed by atoms with Crippen LogP contribution in [-0.2, 0) is 41.8 Å². The van der Waals surface area contributed by atoms with Gasteiger partial charge in [-0.1, -0.05) is 137 Å². The van der Waals surface area contributed by atoms with Crippen LogP contribution in [-0.4, -0.2) is 81.6 Å². The van der Waals surface area contributed by atoms with E-state index in [9.17, 15) is 33.8 Å². The molecule has 16 heteroatoms. The predicted molar refractivity (Wildman–Crippen MR) is 236 cm³/mol. The molecule has 0 aromatic heterocycles. The zero-order valence-electron chi connectivity index (χ0n) is 35.9. The van der Waals surface area contributed by atoms with Crippen LogP contribution in [0.25, 0.3) is 0 Å². The molecule has 0 amide bonds. The van der Waals surface area contributed by atoms with Gasteiger partial charge in [-0.25, -0.2) is 9.13 Å². The first-order valence-electron chi connectivity index (χ1n) is 21.4. The Kier molecular flexibility index (Phi) is 37.3. The van der Waals surface area contributed by atoms with Crippen LogP contribution in [0.4, 0.5) is 0 Å². The number of unbranched alkanes of at least 4 members (excludes halogenated alkanes) is 9. The first-order chi connectivity index (χ1) is 28.8. The molecule has 0 spiro atoms. The minimum atomic E-state index is -4.89. The van der Waals surface area contributed by atoms with Crippen molar-refractivity contribution in [3.8, 4) is 0 Å². The van der Waals surface area contributed by atoms with Crippen LogP contribution in [0.2, 0.25) is 0 Å². The number of phosphoric acid groups is 2. The van der Waals surface area contributed by atoms with Crippen molar-refractivity contribution in [1.29, 1.82) is 0 Å². The van der Waals surface area contributed by atoms with E-state index in [4.69, 9.17) is 23.8 Å². The molecule has 0 radical (unpaired) electrons. The lowest BCUT2D eigenvalue weighted by Gasteiger charge is -2.20. The Morgan fingerprint density at radius 1 is 0.567 bits per heavy atom. The highest BCUT2D eigenvalue weighted by Crippen LogP contribution is 2.43. The number of aliphatic hydroxyl groups is 2. The first kappa shape index (κ1) is 57.3. The number of carbonyl (C=O) groups excluding carboxylic acids is 2. The van der Waals surface area contributed by atoms with Crippen molar-refractivity contribution in [2.75, 3.05) is 26.4 Å². The van der Waals surface area contributed by atoms with Crippen LogP contribution >= 0.6 is 15.6 Å². The van der Waals surface area contributed by atoms with Gasteiger partial charge in [0.2, 0.25) is 0 Å². The lowest BCUT2D eigenvalue weighted by Crippen LogP contribution is -2.29. The third-order valence-electron chi connectivity index (χ3n) is 8.35. The van der Waals surface area contributed by atoms with E-state index >= 15 is 0 Å². The zero-order chi connectivity index (χ0) is 44.6. The number of ether oxygens (including phenoxy) is 2. The third kappa shape index (κ3) is 42.0. The molecular formula is C44H74O14P2. The summed E-state index contributed by atoms with van der Waals surface area (Å²) in [4.78, 5) is 52.6. The highest BCUT2D eigenvalue weighted by molar-refractivity contribution is 7.47. The predicted octanol–water partition coefficient (Wildman–Crippen LogP) is 9.75. The van der Waals surface area contributed by atoms with Crippen LogP contribution in [0.3, 0.4) is 0 Å². The van der Waals surface area contributed by atoms with Crippen LogP contribution in [0.1, 0.15) is 136 Å². The molecule has 0 saturated heterocycles. The van der Waals surface area contributed by atoms with Crippen molar-refractivity contribution in [1.82, 2.24) is 0 Å². The number of carbonyl (C=O) groups is 2.